The van der Waals surface area contributed by atoms with Gasteiger partial charge in [0.1, 0.15) is 30.0 Å². The Hall–Kier alpha value is -2.84. The molecule has 3 amide bonds. The number of esters is 1. The average Bonchev–Trinajstić information content (AvgIpc) is 3.12. The number of allylic oxidation sites excluding steroid dienone is 1. The van der Waals surface area contributed by atoms with Crippen molar-refractivity contribution in [2.45, 2.75) is 65.1 Å². The Balaban J connectivity index is 2.67. The third-order valence-electron chi connectivity index (χ3n) is 4.03. The number of carbonyl (C=O) groups excluding carboxylic acids is 4. The van der Waals surface area contributed by atoms with Crippen molar-refractivity contribution in [1.29, 1.82) is 0 Å². The highest BCUT2D eigenvalue weighted by molar-refractivity contribution is 5.97. The predicted molar refractivity (Wildman–Crippen MR) is 107 cm³/mol. The summed E-state index contributed by atoms with van der Waals surface area (Å²) in [4.78, 5) is 50.5. The fraction of sp³-hybridized carbons (Fsp3) is 0.600. The maximum Gasteiger partial charge on any atom is 0.410 e. The minimum atomic E-state index is -0.925. The quantitative estimate of drug-likeness (QED) is 0.375. The van der Waals surface area contributed by atoms with E-state index in [-0.39, 0.29) is 12.3 Å². The van der Waals surface area contributed by atoms with Gasteiger partial charge in [0.25, 0.3) is 0 Å². The van der Waals surface area contributed by atoms with Crippen LogP contribution in [-0.4, -0.2) is 59.6 Å². The van der Waals surface area contributed by atoms with E-state index in [1.165, 1.54) is 24.0 Å². The Labute approximate surface area is 171 Å². The molecule has 1 aliphatic heterocycles. The van der Waals surface area contributed by atoms with Crippen molar-refractivity contribution in [3.05, 3.63) is 24.4 Å². The van der Waals surface area contributed by atoms with Crippen LogP contribution in [0.15, 0.2) is 24.4 Å². The Morgan fingerprint density at radius 2 is 1.93 bits per heavy atom. The molecule has 0 aromatic heterocycles. The second-order valence-electron chi connectivity index (χ2n) is 7.64. The van der Waals surface area contributed by atoms with E-state index in [0.29, 0.717) is 19.4 Å². The standard InChI is InChI=1S/C20H31N3O6/c1-7-12-28-18(26)14(8-2)22-16(24)13(3)21-17(25)15-10-9-11-23(15)19(27)29-20(4,5)6/h7-8,13,15H,1,9-12H2,2-6H3,(H,21,25)(H,22,24)/b14-8+/t13-,15-/m0/s1. The van der Waals surface area contributed by atoms with Gasteiger partial charge in [-0.3, -0.25) is 14.5 Å². The monoisotopic (exact) mass is 409 g/mol. The van der Waals surface area contributed by atoms with Gasteiger partial charge in [0.05, 0.1) is 0 Å². The van der Waals surface area contributed by atoms with E-state index in [0.717, 1.165) is 0 Å². The smallest absolute Gasteiger partial charge is 0.410 e. The molecular formula is C20H31N3O6. The van der Waals surface area contributed by atoms with Gasteiger partial charge in [-0.15, -0.1) is 0 Å². The van der Waals surface area contributed by atoms with Gasteiger partial charge in [-0.25, -0.2) is 9.59 Å². The number of ether oxygens (including phenoxy) is 2. The molecule has 0 aromatic rings. The molecule has 29 heavy (non-hydrogen) atoms. The molecular weight excluding hydrogens is 378 g/mol. The minimum Gasteiger partial charge on any atom is -0.457 e. The van der Waals surface area contributed by atoms with Gasteiger partial charge in [-0.1, -0.05) is 18.7 Å². The van der Waals surface area contributed by atoms with Crippen LogP contribution >= 0.6 is 0 Å². The topological polar surface area (TPSA) is 114 Å². The second-order valence-corrected chi connectivity index (χ2v) is 7.64. The molecule has 0 bridgehead atoms. The maximum atomic E-state index is 12.6. The summed E-state index contributed by atoms with van der Waals surface area (Å²) in [7, 11) is 0. The van der Waals surface area contributed by atoms with Gasteiger partial charge in [-0.05, 0) is 47.5 Å². The first-order valence-electron chi connectivity index (χ1n) is 9.55. The first kappa shape index (κ1) is 24.2. The molecule has 0 aromatic carbocycles. The van der Waals surface area contributed by atoms with Gasteiger partial charge in [0.2, 0.25) is 11.8 Å². The van der Waals surface area contributed by atoms with Gasteiger partial charge in [0, 0.05) is 6.54 Å². The first-order chi connectivity index (χ1) is 13.5. The molecule has 2 atom stereocenters. The number of amides is 3. The molecule has 0 radical (unpaired) electrons. The van der Waals surface area contributed by atoms with Gasteiger partial charge < -0.3 is 20.1 Å². The van der Waals surface area contributed by atoms with Crippen LogP contribution in [0, 0.1) is 0 Å². The summed E-state index contributed by atoms with van der Waals surface area (Å²) >= 11 is 0. The lowest BCUT2D eigenvalue weighted by Crippen LogP contribution is -2.52. The van der Waals surface area contributed by atoms with Crippen molar-refractivity contribution in [3.8, 4) is 0 Å². The number of nitrogens with zero attached hydrogens (tertiary/aromatic N) is 1. The highest BCUT2D eigenvalue weighted by Gasteiger charge is 2.37. The number of hydrogen-bond acceptors (Lipinski definition) is 6. The van der Waals surface area contributed by atoms with E-state index in [9.17, 15) is 19.2 Å². The molecule has 0 saturated carbocycles. The molecule has 0 aliphatic carbocycles. The van der Waals surface area contributed by atoms with E-state index in [1.807, 2.05) is 0 Å². The minimum absolute atomic E-state index is 0.0144. The zero-order valence-corrected chi connectivity index (χ0v) is 17.7. The molecule has 9 nitrogen and oxygen atoms in total. The van der Waals surface area contributed by atoms with Crippen LogP contribution in [0.3, 0.4) is 0 Å². The van der Waals surface area contributed by atoms with Crippen LogP contribution in [-0.2, 0) is 23.9 Å². The van der Waals surface area contributed by atoms with Crippen molar-refractivity contribution >= 4 is 23.9 Å². The van der Waals surface area contributed by atoms with Gasteiger partial charge in [0.15, 0.2) is 0 Å². The Morgan fingerprint density at radius 1 is 1.28 bits per heavy atom. The van der Waals surface area contributed by atoms with Crippen LogP contribution in [0.25, 0.3) is 0 Å². The molecule has 2 N–H and O–H groups in total. The molecule has 0 spiro atoms. The first-order valence-corrected chi connectivity index (χ1v) is 9.55. The average molecular weight is 409 g/mol. The molecule has 1 fully saturated rings. The molecule has 0 unspecified atom stereocenters. The number of hydrogen-bond donors (Lipinski definition) is 2. The Kier molecular flexibility index (Phi) is 8.87. The van der Waals surface area contributed by atoms with Crippen molar-refractivity contribution in [2.75, 3.05) is 13.2 Å². The summed E-state index contributed by atoms with van der Waals surface area (Å²) in [5.74, 6) is -1.73. The molecule has 1 heterocycles. The second kappa shape index (κ2) is 10.6. The third-order valence-corrected chi connectivity index (χ3v) is 4.03. The van der Waals surface area contributed by atoms with Gasteiger partial charge in [-0.2, -0.15) is 0 Å². The van der Waals surface area contributed by atoms with E-state index in [1.54, 1.807) is 27.7 Å². The normalized spacial score (nSPS) is 17.9. The summed E-state index contributed by atoms with van der Waals surface area (Å²) in [6, 6.07) is -1.63. The van der Waals surface area contributed by atoms with Crippen LogP contribution in [0.1, 0.15) is 47.5 Å². The molecule has 9 heteroatoms. The number of nitrogens with one attached hydrogen (secondary N) is 2. The molecule has 1 aliphatic rings. The fourth-order valence-corrected chi connectivity index (χ4v) is 2.65. The zero-order valence-electron chi connectivity index (χ0n) is 17.7. The van der Waals surface area contributed by atoms with E-state index in [2.05, 4.69) is 17.2 Å². The highest BCUT2D eigenvalue weighted by atomic mass is 16.6. The Bertz CT molecular complexity index is 680. The lowest BCUT2D eigenvalue weighted by Gasteiger charge is -2.28. The summed E-state index contributed by atoms with van der Waals surface area (Å²) < 4.78 is 10.2. The SMILES string of the molecule is C=CCOC(=O)/C(=C\C)NC(=O)[C@H](C)NC(=O)[C@@H]1CCCN1C(=O)OC(C)(C)C. The largest absolute Gasteiger partial charge is 0.457 e. The summed E-state index contributed by atoms with van der Waals surface area (Å²) in [5.41, 5.74) is -0.703. The van der Waals surface area contributed by atoms with E-state index >= 15 is 0 Å². The lowest BCUT2D eigenvalue weighted by atomic mass is 10.2. The molecule has 1 saturated heterocycles. The Morgan fingerprint density at radius 3 is 2.48 bits per heavy atom. The van der Waals surface area contributed by atoms with Crippen LogP contribution in [0.5, 0.6) is 0 Å². The maximum absolute atomic E-state index is 12.6. The number of carbonyl (C=O) groups is 4. The van der Waals surface area contributed by atoms with Crippen LogP contribution in [0.2, 0.25) is 0 Å². The van der Waals surface area contributed by atoms with Crippen LogP contribution in [0.4, 0.5) is 4.79 Å². The van der Waals surface area contributed by atoms with Crippen molar-refractivity contribution in [2.24, 2.45) is 0 Å². The van der Waals surface area contributed by atoms with E-state index < -0.39 is 41.6 Å². The van der Waals surface area contributed by atoms with Crippen molar-refractivity contribution in [1.82, 2.24) is 15.5 Å². The fourth-order valence-electron chi connectivity index (χ4n) is 2.65. The van der Waals surface area contributed by atoms with E-state index in [4.69, 9.17) is 9.47 Å². The number of rotatable bonds is 7. The molecule has 1 rings (SSSR count). The third kappa shape index (κ3) is 7.59. The lowest BCUT2D eigenvalue weighted by molar-refractivity contribution is -0.139. The zero-order chi connectivity index (χ0) is 22.2. The van der Waals surface area contributed by atoms with Crippen LogP contribution < -0.4 is 10.6 Å². The number of likely N-dealkylation sites (tertiary alicyclic amines) is 1. The highest BCUT2D eigenvalue weighted by Crippen LogP contribution is 2.21. The summed E-state index contributed by atoms with van der Waals surface area (Å²) in [6.07, 6.45) is 3.39. The van der Waals surface area contributed by atoms with Crippen molar-refractivity contribution in [3.63, 3.8) is 0 Å². The summed E-state index contributed by atoms with van der Waals surface area (Å²) in [5, 5.41) is 5.01. The predicted octanol–water partition coefficient (Wildman–Crippen LogP) is 1.64. The van der Waals surface area contributed by atoms with Crippen molar-refractivity contribution < 1.29 is 28.7 Å². The summed E-state index contributed by atoms with van der Waals surface area (Å²) in [6.45, 7) is 12.2. The molecule has 162 valence electrons. The van der Waals surface area contributed by atoms with Gasteiger partial charge >= 0.3 is 12.1 Å².